The first-order valence-electron chi connectivity index (χ1n) is 7.26. The molecule has 2 N–H and O–H groups in total. The van der Waals surface area contributed by atoms with Crippen LogP contribution in [-0.2, 0) is 0 Å². The molecule has 3 heteroatoms. The second-order valence-corrected chi connectivity index (χ2v) is 6.25. The fourth-order valence-electron chi connectivity index (χ4n) is 3.32. The van der Waals surface area contributed by atoms with Crippen LogP contribution < -0.4 is 5.73 Å². The van der Waals surface area contributed by atoms with E-state index in [2.05, 4.69) is 30.7 Å². The third-order valence-corrected chi connectivity index (χ3v) is 5.21. The average molecular weight is 239 g/mol. The summed E-state index contributed by atoms with van der Waals surface area (Å²) in [5.74, 6) is 0. The molecule has 0 atom stereocenters. The van der Waals surface area contributed by atoms with Crippen molar-refractivity contribution in [3.05, 3.63) is 0 Å². The second-order valence-electron chi connectivity index (χ2n) is 6.25. The van der Waals surface area contributed by atoms with E-state index in [4.69, 9.17) is 5.73 Å². The molecule has 0 amide bonds. The number of hydrogen-bond acceptors (Lipinski definition) is 3. The summed E-state index contributed by atoms with van der Waals surface area (Å²) in [6, 6.07) is 1.49. The molecule has 1 saturated heterocycles. The average Bonchev–Trinajstić information content (AvgIpc) is 2.26. The Morgan fingerprint density at radius 3 is 2.24 bits per heavy atom. The topological polar surface area (TPSA) is 32.5 Å². The Morgan fingerprint density at radius 1 is 1.29 bits per heavy atom. The van der Waals surface area contributed by atoms with Crippen LogP contribution in [0.15, 0.2) is 0 Å². The lowest BCUT2D eigenvalue weighted by atomic mass is 9.81. The minimum absolute atomic E-state index is 0.288. The summed E-state index contributed by atoms with van der Waals surface area (Å²) >= 11 is 0. The molecule has 100 valence electrons. The summed E-state index contributed by atoms with van der Waals surface area (Å²) in [4.78, 5) is 5.21. The van der Waals surface area contributed by atoms with E-state index < -0.39 is 0 Å². The molecule has 2 rings (SSSR count). The smallest absolute Gasteiger partial charge is 0.0355 e. The molecule has 1 saturated carbocycles. The number of rotatable bonds is 4. The lowest BCUT2D eigenvalue weighted by Crippen LogP contribution is -2.62. The Bertz CT molecular complexity index is 240. The van der Waals surface area contributed by atoms with Crippen molar-refractivity contribution >= 4 is 0 Å². The van der Waals surface area contributed by atoms with Crippen molar-refractivity contribution in [2.45, 2.75) is 63.6 Å². The molecule has 0 aromatic rings. The maximum atomic E-state index is 6.12. The standard InChI is InChI=1S/C14H29N3/c1-12(2)17-9-7-14(11-15,8-10-17)16(3)13-5-4-6-13/h12-13H,4-11,15H2,1-3H3. The lowest BCUT2D eigenvalue weighted by molar-refractivity contribution is -0.0128. The van der Waals surface area contributed by atoms with E-state index in [0.717, 1.165) is 12.6 Å². The molecule has 0 unspecified atom stereocenters. The van der Waals surface area contributed by atoms with Crippen molar-refractivity contribution in [3.8, 4) is 0 Å². The molecule has 1 aliphatic heterocycles. The largest absolute Gasteiger partial charge is 0.329 e. The molecule has 0 radical (unpaired) electrons. The van der Waals surface area contributed by atoms with Gasteiger partial charge in [0.1, 0.15) is 0 Å². The third-order valence-electron chi connectivity index (χ3n) is 5.21. The molecule has 1 aliphatic carbocycles. The highest BCUT2D eigenvalue weighted by molar-refractivity contribution is 4.99. The summed E-state index contributed by atoms with van der Waals surface area (Å²) in [6.07, 6.45) is 6.66. The minimum atomic E-state index is 0.288. The highest BCUT2D eigenvalue weighted by Gasteiger charge is 2.41. The van der Waals surface area contributed by atoms with E-state index in [-0.39, 0.29) is 5.54 Å². The normalized spacial score (nSPS) is 26.5. The Labute approximate surface area is 106 Å². The molecule has 2 aliphatic rings. The lowest BCUT2D eigenvalue weighted by Gasteiger charge is -2.52. The Balaban J connectivity index is 1.96. The summed E-state index contributed by atoms with van der Waals surface area (Å²) < 4.78 is 0. The molecule has 1 heterocycles. The van der Waals surface area contributed by atoms with Crippen LogP contribution in [0.2, 0.25) is 0 Å². The van der Waals surface area contributed by atoms with Crippen molar-refractivity contribution in [3.63, 3.8) is 0 Å². The van der Waals surface area contributed by atoms with Crippen LogP contribution in [0.3, 0.4) is 0 Å². The van der Waals surface area contributed by atoms with Gasteiger partial charge in [0, 0.05) is 37.3 Å². The molecular formula is C14H29N3. The summed E-state index contributed by atoms with van der Waals surface area (Å²) in [5, 5.41) is 0. The Kier molecular flexibility index (Phi) is 4.11. The number of nitrogens with zero attached hydrogens (tertiary/aromatic N) is 2. The van der Waals surface area contributed by atoms with Crippen LogP contribution in [0.4, 0.5) is 0 Å². The predicted molar refractivity (Wildman–Crippen MR) is 73.1 cm³/mol. The van der Waals surface area contributed by atoms with Gasteiger partial charge in [0.2, 0.25) is 0 Å². The Hall–Kier alpha value is -0.120. The SMILES string of the molecule is CC(C)N1CCC(CN)(N(C)C2CCC2)CC1. The first kappa shape index (κ1) is 13.3. The molecule has 17 heavy (non-hydrogen) atoms. The van der Waals surface area contributed by atoms with Gasteiger partial charge >= 0.3 is 0 Å². The van der Waals surface area contributed by atoms with Crippen molar-refractivity contribution in [2.24, 2.45) is 5.73 Å². The van der Waals surface area contributed by atoms with E-state index >= 15 is 0 Å². The van der Waals surface area contributed by atoms with Crippen molar-refractivity contribution in [1.82, 2.24) is 9.80 Å². The van der Waals surface area contributed by atoms with Gasteiger partial charge in [0.05, 0.1) is 0 Å². The molecule has 2 fully saturated rings. The predicted octanol–water partition coefficient (Wildman–Crippen LogP) is 1.67. The van der Waals surface area contributed by atoms with E-state index in [9.17, 15) is 0 Å². The number of nitrogens with two attached hydrogens (primary N) is 1. The van der Waals surface area contributed by atoms with Crippen LogP contribution in [0.25, 0.3) is 0 Å². The molecular weight excluding hydrogens is 210 g/mol. The van der Waals surface area contributed by atoms with Gasteiger partial charge in [-0.05, 0) is 46.6 Å². The maximum absolute atomic E-state index is 6.12. The van der Waals surface area contributed by atoms with Gasteiger partial charge in [0.25, 0.3) is 0 Å². The van der Waals surface area contributed by atoms with E-state index in [1.165, 1.54) is 45.2 Å². The molecule has 0 aromatic heterocycles. The van der Waals surface area contributed by atoms with Crippen molar-refractivity contribution in [1.29, 1.82) is 0 Å². The number of hydrogen-bond donors (Lipinski definition) is 1. The first-order chi connectivity index (χ1) is 8.09. The van der Waals surface area contributed by atoms with Gasteiger partial charge in [0.15, 0.2) is 0 Å². The molecule has 3 nitrogen and oxygen atoms in total. The van der Waals surface area contributed by atoms with Gasteiger partial charge in [-0.2, -0.15) is 0 Å². The molecule has 0 aromatic carbocycles. The fourth-order valence-corrected chi connectivity index (χ4v) is 3.32. The van der Waals surface area contributed by atoms with Gasteiger partial charge in [-0.3, -0.25) is 4.90 Å². The van der Waals surface area contributed by atoms with Crippen LogP contribution in [-0.4, -0.2) is 54.1 Å². The fraction of sp³-hybridized carbons (Fsp3) is 1.00. The molecule has 0 bridgehead atoms. The van der Waals surface area contributed by atoms with E-state index in [1.807, 2.05) is 0 Å². The van der Waals surface area contributed by atoms with Gasteiger partial charge in [-0.25, -0.2) is 0 Å². The zero-order chi connectivity index (χ0) is 12.5. The highest BCUT2D eigenvalue weighted by Crippen LogP contribution is 2.35. The summed E-state index contributed by atoms with van der Waals surface area (Å²) in [7, 11) is 2.31. The first-order valence-corrected chi connectivity index (χ1v) is 7.26. The summed E-state index contributed by atoms with van der Waals surface area (Å²) in [5.41, 5.74) is 6.41. The van der Waals surface area contributed by atoms with Crippen molar-refractivity contribution in [2.75, 3.05) is 26.7 Å². The maximum Gasteiger partial charge on any atom is 0.0355 e. The highest BCUT2D eigenvalue weighted by atomic mass is 15.3. The van der Waals surface area contributed by atoms with Gasteiger partial charge < -0.3 is 10.6 Å². The van der Waals surface area contributed by atoms with Crippen LogP contribution in [0, 0.1) is 0 Å². The Morgan fingerprint density at radius 2 is 1.88 bits per heavy atom. The second kappa shape index (κ2) is 5.25. The minimum Gasteiger partial charge on any atom is -0.329 e. The summed E-state index contributed by atoms with van der Waals surface area (Å²) in [6.45, 7) is 7.85. The van der Waals surface area contributed by atoms with E-state index in [0.29, 0.717) is 6.04 Å². The van der Waals surface area contributed by atoms with Gasteiger partial charge in [-0.1, -0.05) is 6.42 Å². The zero-order valence-electron chi connectivity index (χ0n) is 11.8. The quantitative estimate of drug-likeness (QED) is 0.810. The number of piperidine rings is 1. The number of likely N-dealkylation sites (N-methyl/N-ethyl adjacent to an activating group) is 1. The van der Waals surface area contributed by atoms with Crippen LogP contribution in [0.5, 0.6) is 0 Å². The zero-order valence-corrected chi connectivity index (χ0v) is 11.8. The monoisotopic (exact) mass is 239 g/mol. The van der Waals surface area contributed by atoms with Crippen molar-refractivity contribution < 1.29 is 0 Å². The van der Waals surface area contributed by atoms with E-state index in [1.54, 1.807) is 0 Å². The van der Waals surface area contributed by atoms with Crippen LogP contribution in [0.1, 0.15) is 46.0 Å². The molecule has 0 spiro atoms. The van der Waals surface area contributed by atoms with Crippen LogP contribution >= 0.6 is 0 Å². The third kappa shape index (κ3) is 2.51. The number of likely N-dealkylation sites (tertiary alicyclic amines) is 1. The van der Waals surface area contributed by atoms with Gasteiger partial charge in [-0.15, -0.1) is 0 Å².